The Morgan fingerprint density at radius 1 is 1.04 bits per heavy atom. The molecule has 1 rings (SSSR count). The molecule has 1 aromatic carbocycles. The summed E-state index contributed by atoms with van der Waals surface area (Å²) in [6.07, 6.45) is 7.75. The average Bonchev–Trinajstić information content (AvgIpc) is 2.59. The molecule has 0 fully saturated rings. The minimum atomic E-state index is -0.531. The highest BCUT2D eigenvalue weighted by atomic mass is 17.2. The molecule has 3 nitrogen and oxygen atoms in total. The molecule has 0 unspecified atom stereocenters. The van der Waals surface area contributed by atoms with Gasteiger partial charge < -0.3 is 0 Å². The Morgan fingerprint density at radius 3 is 2.33 bits per heavy atom. The van der Waals surface area contributed by atoms with Crippen molar-refractivity contribution in [2.45, 2.75) is 90.8 Å². The van der Waals surface area contributed by atoms with Gasteiger partial charge in [-0.25, -0.2) is 9.78 Å². The van der Waals surface area contributed by atoms with Gasteiger partial charge in [-0.15, -0.1) is 0 Å². The lowest BCUT2D eigenvalue weighted by atomic mass is 9.99. The lowest BCUT2D eigenvalue weighted by molar-refractivity contribution is -0.382. The Balaban J connectivity index is 2.52. The molecule has 3 heteroatoms. The highest BCUT2D eigenvalue weighted by Gasteiger charge is 2.25. The molecule has 0 aliphatic rings. The van der Waals surface area contributed by atoms with Gasteiger partial charge in [0, 0.05) is 12.8 Å². The number of hydrogen-bond donors (Lipinski definition) is 0. The smallest absolute Gasteiger partial charge is 0.135 e. The number of rotatable bonds is 13. The van der Waals surface area contributed by atoms with Gasteiger partial charge in [0.2, 0.25) is 0 Å². The molecule has 0 N–H and O–H groups in total. The first-order valence-electron chi connectivity index (χ1n) is 9.41. The topological polar surface area (TPSA) is 35.5 Å². The summed E-state index contributed by atoms with van der Waals surface area (Å²) < 4.78 is 0. The predicted octanol–water partition coefficient (Wildman–Crippen LogP) is 5.97. The van der Waals surface area contributed by atoms with E-state index in [4.69, 9.17) is 9.78 Å². The molecular formula is C21H34O3. The zero-order chi connectivity index (χ0) is 17.8. The second-order valence-corrected chi connectivity index (χ2v) is 6.98. The quantitative estimate of drug-likeness (QED) is 0.253. The van der Waals surface area contributed by atoms with Gasteiger partial charge in [-0.3, -0.25) is 4.79 Å². The average molecular weight is 334 g/mol. The Morgan fingerprint density at radius 2 is 1.71 bits per heavy atom. The van der Waals surface area contributed by atoms with E-state index in [9.17, 15) is 4.79 Å². The zero-order valence-corrected chi connectivity index (χ0v) is 15.8. The fourth-order valence-electron chi connectivity index (χ4n) is 2.63. The molecule has 0 aliphatic heterocycles. The highest BCUT2D eigenvalue weighted by Crippen LogP contribution is 2.26. The van der Waals surface area contributed by atoms with Crippen molar-refractivity contribution < 1.29 is 14.6 Å². The number of carbonyl (C=O) groups excluding carboxylic acids is 1. The molecule has 0 spiro atoms. The number of benzene rings is 1. The van der Waals surface area contributed by atoms with E-state index < -0.39 is 5.60 Å². The molecule has 1 atom stereocenters. The maximum absolute atomic E-state index is 11.8. The Hall–Kier alpha value is -1.19. The summed E-state index contributed by atoms with van der Waals surface area (Å²) in [6.45, 7) is 8.09. The van der Waals surface area contributed by atoms with Gasteiger partial charge in [0.25, 0.3) is 0 Å². The minimum Gasteiger partial charge on any atom is -0.300 e. The highest BCUT2D eigenvalue weighted by molar-refractivity contribution is 5.78. The van der Waals surface area contributed by atoms with Crippen LogP contribution in [0, 0.1) is 0 Å². The molecule has 0 saturated heterocycles. The first kappa shape index (κ1) is 20.9. The van der Waals surface area contributed by atoms with Crippen LogP contribution in [0.2, 0.25) is 0 Å². The summed E-state index contributed by atoms with van der Waals surface area (Å²) in [7, 11) is 0. The van der Waals surface area contributed by atoms with Gasteiger partial charge in [-0.1, -0.05) is 76.3 Å². The molecule has 0 aromatic heterocycles. The van der Waals surface area contributed by atoms with Gasteiger partial charge >= 0.3 is 0 Å². The van der Waals surface area contributed by atoms with E-state index in [0.29, 0.717) is 12.8 Å². The van der Waals surface area contributed by atoms with Crippen LogP contribution in [-0.2, 0) is 20.2 Å². The number of hydrogen-bond acceptors (Lipinski definition) is 3. The van der Waals surface area contributed by atoms with Gasteiger partial charge in [0.15, 0.2) is 0 Å². The molecule has 24 heavy (non-hydrogen) atoms. The van der Waals surface area contributed by atoms with Crippen LogP contribution in [0.1, 0.15) is 84.6 Å². The molecule has 0 bridgehead atoms. The Bertz CT molecular complexity index is 453. The number of carbonyl (C=O) groups is 1. The molecule has 0 amide bonds. The van der Waals surface area contributed by atoms with Crippen molar-refractivity contribution in [3.8, 4) is 0 Å². The molecule has 0 aliphatic carbocycles. The van der Waals surface area contributed by atoms with Crippen molar-refractivity contribution in [2.75, 3.05) is 0 Å². The van der Waals surface area contributed by atoms with Crippen molar-refractivity contribution in [3.05, 3.63) is 35.9 Å². The third-order valence-electron chi connectivity index (χ3n) is 4.34. The first-order chi connectivity index (χ1) is 11.5. The SMILES string of the molecule is CCCCCCC[C@H](CC(=O)CC)OOC(C)(C)c1ccccc1. The van der Waals surface area contributed by atoms with Crippen molar-refractivity contribution >= 4 is 5.78 Å². The third kappa shape index (κ3) is 8.07. The lowest BCUT2D eigenvalue weighted by Crippen LogP contribution is -2.27. The fraction of sp³-hybridized carbons (Fsp3) is 0.667. The van der Waals surface area contributed by atoms with Crippen LogP contribution in [0.25, 0.3) is 0 Å². The van der Waals surface area contributed by atoms with E-state index in [1.165, 1.54) is 25.7 Å². The maximum atomic E-state index is 11.8. The van der Waals surface area contributed by atoms with E-state index in [1.54, 1.807) is 0 Å². The van der Waals surface area contributed by atoms with E-state index in [-0.39, 0.29) is 11.9 Å². The van der Waals surface area contributed by atoms with Crippen LogP contribution in [0.4, 0.5) is 0 Å². The molecular weight excluding hydrogens is 300 g/mol. The first-order valence-corrected chi connectivity index (χ1v) is 9.41. The van der Waals surface area contributed by atoms with E-state index in [1.807, 2.05) is 51.1 Å². The van der Waals surface area contributed by atoms with Gasteiger partial charge in [-0.05, 0) is 25.8 Å². The van der Waals surface area contributed by atoms with Crippen LogP contribution in [0.3, 0.4) is 0 Å². The normalized spacial score (nSPS) is 13.0. The molecule has 136 valence electrons. The van der Waals surface area contributed by atoms with Crippen LogP contribution in [0.5, 0.6) is 0 Å². The third-order valence-corrected chi connectivity index (χ3v) is 4.34. The summed E-state index contributed by atoms with van der Waals surface area (Å²) in [6, 6.07) is 10.0. The second-order valence-electron chi connectivity index (χ2n) is 6.98. The van der Waals surface area contributed by atoms with Crippen molar-refractivity contribution in [3.63, 3.8) is 0 Å². The minimum absolute atomic E-state index is 0.151. The van der Waals surface area contributed by atoms with Gasteiger partial charge in [0.05, 0.1) is 6.10 Å². The van der Waals surface area contributed by atoms with E-state index >= 15 is 0 Å². The Kier molecular flexibility index (Phi) is 9.89. The lowest BCUT2D eigenvalue weighted by Gasteiger charge is -2.27. The number of ketones is 1. The van der Waals surface area contributed by atoms with Crippen molar-refractivity contribution in [1.29, 1.82) is 0 Å². The molecule has 0 radical (unpaired) electrons. The van der Waals surface area contributed by atoms with Gasteiger partial charge in [-0.2, -0.15) is 0 Å². The standard InChI is InChI=1S/C21H34O3/c1-5-7-8-9-13-16-20(17-19(22)6-2)23-24-21(3,4)18-14-11-10-12-15-18/h10-12,14-15,20H,5-9,13,16-17H2,1-4H3/t20-/m1/s1. The monoisotopic (exact) mass is 334 g/mol. The summed E-state index contributed by atoms with van der Waals surface area (Å²) in [4.78, 5) is 23.3. The fourth-order valence-corrected chi connectivity index (χ4v) is 2.63. The molecule has 0 heterocycles. The van der Waals surface area contributed by atoms with Crippen LogP contribution in [-0.4, -0.2) is 11.9 Å². The van der Waals surface area contributed by atoms with Crippen molar-refractivity contribution in [1.82, 2.24) is 0 Å². The maximum Gasteiger partial charge on any atom is 0.135 e. The zero-order valence-electron chi connectivity index (χ0n) is 15.8. The molecule has 0 saturated carbocycles. The number of Topliss-reactive ketones (excluding diaryl/α,β-unsaturated/α-hetero) is 1. The van der Waals surface area contributed by atoms with Crippen LogP contribution >= 0.6 is 0 Å². The summed E-state index contributed by atoms with van der Waals surface area (Å²) in [5.74, 6) is 0.231. The van der Waals surface area contributed by atoms with Crippen LogP contribution < -0.4 is 0 Å². The Labute approximate surface area is 147 Å². The molecule has 1 aromatic rings. The number of unbranched alkanes of at least 4 members (excludes halogenated alkanes) is 4. The summed E-state index contributed by atoms with van der Waals surface area (Å²) >= 11 is 0. The summed E-state index contributed by atoms with van der Waals surface area (Å²) in [5, 5.41) is 0. The van der Waals surface area contributed by atoms with E-state index in [2.05, 4.69) is 6.92 Å². The van der Waals surface area contributed by atoms with Crippen molar-refractivity contribution in [2.24, 2.45) is 0 Å². The van der Waals surface area contributed by atoms with E-state index in [0.717, 1.165) is 18.4 Å². The van der Waals surface area contributed by atoms with Crippen LogP contribution in [0.15, 0.2) is 30.3 Å². The largest absolute Gasteiger partial charge is 0.300 e. The predicted molar refractivity (Wildman–Crippen MR) is 98.7 cm³/mol. The second kappa shape index (κ2) is 11.4. The summed E-state index contributed by atoms with van der Waals surface area (Å²) in [5.41, 5.74) is 0.533. The van der Waals surface area contributed by atoms with Gasteiger partial charge in [0.1, 0.15) is 11.4 Å².